The highest BCUT2D eigenvalue weighted by Gasteiger charge is 2.08. The van der Waals surface area contributed by atoms with Crippen molar-refractivity contribution in [1.82, 2.24) is 0 Å². The number of hydrogen-bond acceptors (Lipinski definition) is 1. The van der Waals surface area contributed by atoms with Gasteiger partial charge in [-0.1, -0.05) is 57.0 Å². The Morgan fingerprint density at radius 2 is 1.32 bits per heavy atom. The van der Waals surface area contributed by atoms with Gasteiger partial charge in [0.05, 0.1) is 6.61 Å². The first-order valence-corrected chi connectivity index (χ1v) is 9.95. The molecule has 0 aliphatic rings. The van der Waals surface area contributed by atoms with Gasteiger partial charge in [0.25, 0.3) is 0 Å². The van der Waals surface area contributed by atoms with Crippen molar-refractivity contribution in [3.63, 3.8) is 0 Å². The smallest absolute Gasteiger partial charge is 0.122 e. The fraction of sp³-hybridized carbons (Fsp3) is 0.500. The van der Waals surface area contributed by atoms with Crippen LogP contribution in [0.25, 0.3) is 0 Å². The minimum Gasteiger partial charge on any atom is -0.493 e. The molecule has 2 rings (SSSR count). The number of hydrogen-bond donors (Lipinski definition) is 0. The summed E-state index contributed by atoms with van der Waals surface area (Å²) in [5.41, 5.74) is 7.01. The third-order valence-electron chi connectivity index (χ3n) is 5.13. The summed E-state index contributed by atoms with van der Waals surface area (Å²) in [4.78, 5) is 0. The summed E-state index contributed by atoms with van der Waals surface area (Å²) >= 11 is 0. The summed E-state index contributed by atoms with van der Waals surface area (Å²) in [7, 11) is 0. The van der Waals surface area contributed by atoms with Crippen molar-refractivity contribution in [3.8, 4) is 5.75 Å². The predicted molar refractivity (Wildman–Crippen MR) is 109 cm³/mol. The molecule has 0 aliphatic heterocycles. The maximum absolute atomic E-state index is 5.92. The van der Waals surface area contributed by atoms with Gasteiger partial charge in [0, 0.05) is 0 Å². The molecule has 0 fully saturated rings. The van der Waals surface area contributed by atoms with Gasteiger partial charge < -0.3 is 4.74 Å². The van der Waals surface area contributed by atoms with E-state index in [4.69, 9.17) is 4.74 Å². The van der Waals surface area contributed by atoms with Gasteiger partial charge in [-0.05, 0) is 79.8 Å². The van der Waals surface area contributed by atoms with E-state index in [9.17, 15) is 0 Å². The Labute approximate surface area is 154 Å². The molecule has 2 aromatic rings. The Morgan fingerprint density at radius 3 is 1.96 bits per heavy atom. The number of aryl methyl sites for hydroxylation is 3. The van der Waals surface area contributed by atoms with E-state index >= 15 is 0 Å². The van der Waals surface area contributed by atoms with Crippen LogP contribution in [0.1, 0.15) is 67.3 Å². The van der Waals surface area contributed by atoms with E-state index in [0.717, 1.165) is 31.6 Å². The first-order valence-electron chi connectivity index (χ1n) is 9.95. The molecule has 2 aromatic carbocycles. The number of ether oxygens (including phenoxy) is 1. The Bertz CT molecular complexity index is 640. The highest BCUT2D eigenvalue weighted by Crippen LogP contribution is 2.25. The van der Waals surface area contributed by atoms with Gasteiger partial charge in [0.2, 0.25) is 0 Å². The van der Waals surface area contributed by atoms with Crippen molar-refractivity contribution in [3.05, 3.63) is 64.2 Å². The summed E-state index contributed by atoms with van der Waals surface area (Å²) in [5.74, 6) is 1.05. The average Bonchev–Trinajstić information content (AvgIpc) is 2.64. The van der Waals surface area contributed by atoms with Crippen LogP contribution < -0.4 is 4.74 Å². The molecule has 0 saturated carbocycles. The molecular weight excluding hydrogens is 304 g/mol. The topological polar surface area (TPSA) is 9.23 Å². The van der Waals surface area contributed by atoms with Crippen LogP contribution in [0.15, 0.2) is 36.4 Å². The summed E-state index contributed by atoms with van der Waals surface area (Å²) in [5, 5.41) is 0. The molecule has 1 nitrogen and oxygen atoms in total. The molecule has 0 radical (unpaired) electrons. The Morgan fingerprint density at radius 1 is 0.680 bits per heavy atom. The summed E-state index contributed by atoms with van der Waals surface area (Å²) in [6, 6.07) is 13.6. The third-order valence-corrected chi connectivity index (χ3v) is 5.13. The fourth-order valence-electron chi connectivity index (χ4n) is 3.14. The van der Waals surface area contributed by atoms with Gasteiger partial charge in [0.15, 0.2) is 0 Å². The molecule has 25 heavy (non-hydrogen) atoms. The molecular formula is C24H34O. The lowest BCUT2D eigenvalue weighted by atomic mass is 9.96. The van der Waals surface area contributed by atoms with E-state index in [-0.39, 0.29) is 0 Å². The lowest BCUT2D eigenvalue weighted by Gasteiger charge is -2.14. The quantitative estimate of drug-likeness (QED) is 0.443. The molecule has 0 aromatic heterocycles. The van der Waals surface area contributed by atoms with Crippen LogP contribution in [0.5, 0.6) is 5.75 Å². The normalized spacial score (nSPS) is 10.9. The molecule has 0 spiro atoms. The summed E-state index contributed by atoms with van der Waals surface area (Å²) < 4.78 is 5.92. The molecule has 0 saturated heterocycles. The lowest BCUT2D eigenvalue weighted by Crippen LogP contribution is -2.02. The summed E-state index contributed by atoms with van der Waals surface area (Å²) in [6.45, 7) is 9.67. The van der Waals surface area contributed by atoms with Crippen molar-refractivity contribution in [2.24, 2.45) is 0 Å². The fourth-order valence-corrected chi connectivity index (χ4v) is 3.14. The zero-order chi connectivity index (χ0) is 18.1. The molecule has 136 valence electrons. The Hall–Kier alpha value is -1.76. The van der Waals surface area contributed by atoms with Gasteiger partial charge in [0.1, 0.15) is 5.75 Å². The maximum Gasteiger partial charge on any atom is 0.122 e. The van der Waals surface area contributed by atoms with Crippen LogP contribution in [0, 0.1) is 13.8 Å². The van der Waals surface area contributed by atoms with Crippen LogP contribution in [0.4, 0.5) is 0 Å². The molecule has 0 heterocycles. The molecule has 0 amide bonds. The predicted octanol–water partition coefficient (Wildman–Crippen LogP) is 6.61. The second kappa shape index (κ2) is 10.3. The van der Waals surface area contributed by atoms with Gasteiger partial charge in [-0.3, -0.25) is 0 Å². The number of unbranched alkanes of at least 4 members (excludes halogenated alkanes) is 2. The van der Waals surface area contributed by atoms with Crippen LogP contribution in [0.3, 0.4) is 0 Å². The van der Waals surface area contributed by atoms with Crippen LogP contribution >= 0.6 is 0 Å². The molecule has 0 unspecified atom stereocenters. The highest BCUT2D eigenvalue weighted by molar-refractivity contribution is 5.44. The number of rotatable bonds is 10. The van der Waals surface area contributed by atoms with Crippen molar-refractivity contribution in [2.75, 3.05) is 6.61 Å². The van der Waals surface area contributed by atoms with Gasteiger partial charge in [-0.15, -0.1) is 0 Å². The Kier molecular flexibility index (Phi) is 8.04. The van der Waals surface area contributed by atoms with Crippen LogP contribution in [0.2, 0.25) is 0 Å². The Balaban J connectivity index is 1.95. The van der Waals surface area contributed by atoms with E-state index in [1.165, 1.54) is 53.5 Å². The monoisotopic (exact) mass is 338 g/mol. The second-order valence-electron chi connectivity index (χ2n) is 7.09. The van der Waals surface area contributed by atoms with E-state index in [1.54, 1.807) is 0 Å². The third kappa shape index (κ3) is 5.92. The van der Waals surface area contributed by atoms with Gasteiger partial charge >= 0.3 is 0 Å². The van der Waals surface area contributed by atoms with Crippen molar-refractivity contribution >= 4 is 0 Å². The average molecular weight is 339 g/mol. The van der Waals surface area contributed by atoms with Crippen LogP contribution in [-0.4, -0.2) is 6.61 Å². The van der Waals surface area contributed by atoms with Gasteiger partial charge in [-0.25, -0.2) is 0 Å². The van der Waals surface area contributed by atoms with Crippen LogP contribution in [-0.2, 0) is 19.3 Å². The molecule has 0 atom stereocenters. The van der Waals surface area contributed by atoms with Crippen molar-refractivity contribution in [2.45, 2.75) is 72.6 Å². The lowest BCUT2D eigenvalue weighted by molar-refractivity contribution is 0.307. The SMILES string of the molecule is CCCCOc1ccc(CCc2ccc(CCCC)cc2)c(C)c1C. The van der Waals surface area contributed by atoms with E-state index in [2.05, 4.69) is 64.1 Å². The first kappa shape index (κ1) is 19.6. The zero-order valence-electron chi connectivity index (χ0n) is 16.5. The summed E-state index contributed by atoms with van der Waals surface area (Å²) in [6.07, 6.45) is 8.24. The van der Waals surface area contributed by atoms with E-state index in [1.807, 2.05) is 0 Å². The van der Waals surface area contributed by atoms with Gasteiger partial charge in [-0.2, -0.15) is 0 Å². The zero-order valence-corrected chi connectivity index (χ0v) is 16.5. The maximum atomic E-state index is 5.92. The largest absolute Gasteiger partial charge is 0.493 e. The van der Waals surface area contributed by atoms with Crippen molar-refractivity contribution < 1.29 is 4.74 Å². The molecule has 0 aliphatic carbocycles. The number of benzene rings is 2. The minimum atomic E-state index is 0.820. The standard InChI is InChI=1S/C24H34O/c1-5-7-9-21-10-12-22(13-11-21)14-15-23-16-17-24(20(4)19(23)3)25-18-8-6-2/h10-13,16-17H,5-9,14-15,18H2,1-4H3. The molecule has 0 N–H and O–H groups in total. The minimum absolute atomic E-state index is 0.820. The van der Waals surface area contributed by atoms with Crippen molar-refractivity contribution in [1.29, 1.82) is 0 Å². The van der Waals surface area contributed by atoms with E-state index < -0.39 is 0 Å². The first-order chi connectivity index (χ1) is 12.2. The van der Waals surface area contributed by atoms with E-state index in [0.29, 0.717) is 0 Å². The second-order valence-corrected chi connectivity index (χ2v) is 7.09. The molecule has 0 bridgehead atoms. The highest BCUT2D eigenvalue weighted by atomic mass is 16.5. The molecule has 1 heteroatoms.